The number of para-hydroxylation sites is 1. The average molecular weight is 233 g/mol. The number of nitrogens with zero attached hydrogens (tertiary/aromatic N) is 1. The fourth-order valence-corrected chi connectivity index (χ4v) is 3.42. The van der Waals surface area contributed by atoms with E-state index in [1.165, 1.54) is 0 Å². The van der Waals surface area contributed by atoms with Crippen LogP contribution in [0, 0.1) is 5.21 Å². The van der Waals surface area contributed by atoms with E-state index < -0.39 is 0 Å². The Kier molecular flexibility index (Phi) is 2.83. The molecule has 0 spiro atoms. The molecule has 0 atom stereocenters. The molecule has 1 aliphatic rings. The van der Waals surface area contributed by atoms with Crippen LogP contribution in [0.15, 0.2) is 30.3 Å². The summed E-state index contributed by atoms with van der Waals surface area (Å²) in [7, 11) is 0. The molecule has 0 aliphatic carbocycles. The van der Waals surface area contributed by atoms with Gasteiger partial charge in [-0.15, -0.1) is 0 Å². The van der Waals surface area contributed by atoms with Crippen LogP contribution in [0.3, 0.4) is 0 Å². The van der Waals surface area contributed by atoms with Gasteiger partial charge in [0.15, 0.2) is 0 Å². The Balaban J connectivity index is 2.57. The molecule has 2 heteroatoms. The number of quaternary nitrogens is 1. The summed E-state index contributed by atoms with van der Waals surface area (Å²) in [4.78, 5) is 0. The lowest BCUT2D eigenvalue weighted by atomic mass is 9.78. The normalized spacial score (nSPS) is 25.5. The molecular formula is C15H23NO. The van der Waals surface area contributed by atoms with E-state index in [0.717, 1.165) is 24.9 Å². The van der Waals surface area contributed by atoms with E-state index in [2.05, 4.69) is 27.7 Å². The van der Waals surface area contributed by atoms with Crippen LogP contribution in [-0.2, 0) is 0 Å². The zero-order valence-corrected chi connectivity index (χ0v) is 11.4. The van der Waals surface area contributed by atoms with Gasteiger partial charge in [-0.1, -0.05) is 18.2 Å². The van der Waals surface area contributed by atoms with Crippen LogP contribution in [0.5, 0.6) is 0 Å². The van der Waals surface area contributed by atoms with Crippen molar-refractivity contribution in [2.24, 2.45) is 0 Å². The van der Waals surface area contributed by atoms with Crippen molar-refractivity contribution in [3.63, 3.8) is 0 Å². The first-order chi connectivity index (χ1) is 7.81. The molecule has 2 rings (SSSR count). The second kappa shape index (κ2) is 3.82. The highest BCUT2D eigenvalue weighted by Gasteiger charge is 2.51. The van der Waals surface area contributed by atoms with Gasteiger partial charge in [-0.3, -0.25) is 0 Å². The molecule has 1 fully saturated rings. The van der Waals surface area contributed by atoms with Crippen LogP contribution in [0.2, 0.25) is 0 Å². The average Bonchev–Trinajstić information content (AvgIpc) is 2.26. The van der Waals surface area contributed by atoms with E-state index in [9.17, 15) is 5.21 Å². The molecule has 1 aliphatic heterocycles. The summed E-state index contributed by atoms with van der Waals surface area (Å²) in [6.45, 7) is 8.42. The smallest absolute Gasteiger partial charge is 0.133 e. The Morgan fingerprint density at radius 2 is 1.41 bits per heavy atom. The lowest BCUT2D eigenvalue weighted by Gasteiger charge is -2.64. The zero-order valence-electron chi connectivity index (χ0n) is 11.4. The first kappa shape index (κ1) is 12.6. The molecule has 0 aromatic heterocycles. The standard InChI is InChI=1S/C15H23NO/c1-14(2)11-8-12-15(3,4)16(14,17)13-9-6-5-7-10-13/h5-7,9-10H,8,11-12H2,1-4H3. The van der Waals surface area contributed by atoms with Crippen molar-refractivity contribution in [1.29, 1.82) is 0 Å². The SMILES string of the molecule is CC1(C)CCCC(C)(C)[N+]1([O-])c1ccccc1. The highest BCUT2D eigenvalue weighted by Crippen LogP contribution is 2.48. The van der Waals surface area contributed by atoms with E-state index in [0.29, 0.717) is 0 Å². The number of hydroxylamine groups is 2. The highest BCUT2D eigenvalue weighted by molar-refractivity contribution is 5.48. The highest BCUT2D eigenvalue weighted by atomic mass is 16.6. The number of benzene rings is 1. The molecular weight excluding hydrogens is 210 g/mol. The van der Waals surface area contributed by atoms with Gasteiger partial charge in [0.1, 0.15) is 5.69 Å². The van der Waals surface area contributed by atoms with Crippen LogP contribution < -0.4 is 4.65 Å². The van der Waals surface area contributed by atoms with Gasteiger partial charge in [0, 0.05) is 12.8 Å². The molecule has 17 heavy (non-hydrogen) atoms. The first-order valence-electron chi connectivity index (χ1n) is 6.47. The first-order valence-corrected chi connectivity index (χ1v) is 6.47. The number of hydrogen-bond acceptors (Lipinski definition) is 1. The third-order valence-electron chi connectivity index (χ3n) is 4.40. The predicted molar refractivity (Wildman–Crippen MR) is 73.6 cm³/mol. The van der Waals surface area contributed by atoms with Gasteiger partial charge in [-0.2, -0.15) is 0 Å². The molecule has 0 amide bonds. The molecule has 0 unspecified atom stereocenters. The quantitative estimate of drug-likeness (QED) is 0.525. The molecule has 1 aromatic carbocycles. The molecule has 1 heterocycles. The molecule has 1 aromatic rings. The van der Waals surface area contributed by atoms with Crippen LogP contribution in [0.1, 0.15) is 47.0 Å². The Morgan fingerprint density at radius 3 is 1.88 bits per heavy atom. The fourth-order valence-electron chi connectivity index (χ4n) is 3.42. The zero-order chi connectivity index (χ0) is 12.7. The van der Waals surface area contributed by atoms with Crippen molar-refractivity contribution < 1.29 is 0 Å². The van der Waals surface area contributed by atoms with Crippen LogP contribution in [0.25, 0.3) is 0 Å². The summed E-state index contributed by atoms with van der Waals surface area (Å²) in [6.07, 6.45) is 3.14. The van der Waals surface area contributed by atoms with Crippen molar-refractivity contribution in [2.45, 2.75) is 58.0 Å². The van der Waals surface area contributed by atoms with Crippen molar-refractivity contribution in [1.82, 2.24) is 4.65 Å². The maximum atomic E-state index is 13.6. The fraction of sp³-hybridized carbons (Fsp3) is 0.600. The van der Waals surface area contributed by atoms with Gasteiger partial charge in [0.2, 0.25) is 0 Å². The van der Waals surface area contributed by atoms with E-state index >= 15 is 0 Å². The Labute approximate surface area is 104 Å². The Morgan fingerprint density at radius 1 is 0.941 bits per heavy atom. The topological polar surface area (TPSA) is 23.1 Å². The Bertz CT molecular complexity index is 379. The third-order valence-corrected chi connectivity index (χ3v) is 4.40. The molecule has 0 N–H and O–H groups in total. The van der Waals surface area contributed by atoms with Crippen molar-refractivity contribution in [3.05, 3.63) is 35.5 Å². The van der Waals surface area contributed by atoms with Crippen LogP contribution >= 0.6 is 0 Å². The van der Waals surface area contributed by atoms with E-state index in [1.54, 1.807) is 0 Å². The molecule has 0 saturated carbocycles. The van der Waals surface area contributed by atoms with Gasteiger partial charge in [-0.05, 0) is 46.2 Å². The number of rotatable bonds is 1. The molecule has 0 radical (unpaired) electrons. The van der Waals surface area contributed by atoms with Crippen LogP contribution in [0.4, 0.5) is 5.69 Å². The summed E-state index contributed by atoms with van der Waals surface area (Å²) in [5.74, 6) is 0. The van der Waals surface area contributed by atoms with E-state index in [-0.39, 0.29) is 15.7 Å². The van der Waals surface area contributed by atoms with Gasteiger partial charge >= 0.3 is 0 Å². The van der Waals surface area contributed by atoms with Gasteiger partial charge in [-0.25, -0.2) is 0 Å². The summed E-state index contributed by atoms with van der Waals surface area (Å²) < 4.78 is -0.208. The second-order valence-corrected chi connectivity index (χ2v) is 6.42. The van der Waals surface area contributed by atoms with Gasteiger partial charge in [0.05, 0.1) is 11.1 Å². The van der Waals surface area contributed by atoms with Gasteiger partial charge in [0.25, 0.3) is 0 Å². The molecule has 94 valence electrons. The lowest BCUT2D eigenvalue weighted by Crippen LogP contribution is -2.71. The maximum Gasteiger partial charge on any atom is 0.133 e. The molecule has 2 nitrogen and oxygen atoms in total. The Hall–Kier alpha value is -0.860. The number of piperidine rings is 1. The minimum atomic E-state index is -0.247. The van der Waals surface area contributed by atoms with Gasteiger partial charge < -0.3 is 9.85 Å². The number of hydrogen-bond donors (Lipinski definition) is 0. The minimum Gasteiger partial charge on any atom is -0.627 e. The van der Waals surface area contributed by atoms with E-state index in [1.807, 2.05) is 30.3 Å². The lowest BCUT2D eigenvalue weighted by molar-refractivity contribution is 0.0252. The largest absolute Gasteiger partial charge is 0.627 e. The van der Waals surface area contributed by atoms with Crippen molar-refractivity contribution in [2.75, 3.05) is 0 Å². The third kappa shape index (κ3) is 1.71. The predicted octanol–water partition coefficient (Wildman–Crippen LogP) is 4.23. The maximum absolute atomic E-state index is 13.6. The monoisotopic (exact) mass is 233 g/mol. The minimum absolute atomic E-state index is 0.208. The summed E-state index contributed by atoms with van der Waals surface area (Å²) in [5.41, 5.74) is 0.397. The second-order valence-electron chi connectivity index (χ2n) is 6.42. The van der Waals surface area contributed by atoms with Crippen molar-refractivity contribution >= 4 is 5.69 Å². The van der Waals surface area contributed by atoms with Crippen molar-refractivity contribution in [3.8, 4) is 0 Å². The summed E-state index contributed by atoms with van der Waals surface area (Å²) >= 11 is 0. The molecule has 0 bridgehead atoms. The van der Waals surface area contributed by atoms with E-state index in [4.69, 9.17) is 0 Å². The summed E-state index contributed by atoms with van der Waals surface area (Å²) in [6, 6.07) is 9.85. The summed E-state index contributed by atoms with van der Waals surface area (Å²) in [5, 5.41) is 13.6. The molecule has 1 saturated heterocycles. The van der Waals surface area contributed by atoms with Crippen LogP contribution in [-0.4, -0.2) is 11.1 Å².